The molecule has 0 bridgehead atoms. The maximum Gasteiger partial charge on any atom is 0.261 e. The van der Waals surface area contributed by atoms with Crippen molar-refractivity contribution in [3.8, 4) is 0 Å². The fraction of sp³-hybridized carbons (Fsp3) is 0.375. The minimum absolute atomic E-state index is 0.0745. The number of nitrogens with zero attached hydrogens (tertiary/aromatic N) is 3. The summed E-state index contributed by atoms with van der Waals surface area (Å²) >= 11 is 8.08. The average molecular weight is 626 g/mol. The van der Waals surface area contributed by atoms with Crippen LogP contribution in [0.2, 0.25) is 10.1 Å². The largest absolute Gasteiger partial charge is 0.401 e. The van der Waals surface area contributed by atoms with Gasteiger partial charge in [-0.2, -0.15) is 0 Å². The van der Waals surface area contributed by atoms with E-state index in [0.29, 0.717) is 29.3 Å². The first-order chi connectivity index (χ1) is 20.0. The molecule has 0 spiro atoms. The predicted molar refractivity (Wildman–Crippen MR) is 170 cm³/mol. The highest BCUT2D eigenvalue weighted by Gasteiger charge is 2.50. The first-order valence-electron chi connectivity index (χ1n) is 14.1. The Morgan fingerprint density at radius 1 is 1.07 bits per heavy atom. The lowest BCUT2D eigenvalue weighted by Gasteiger charge is -2.43. The summed E-state index contributed by atoms with van der Waals surface area (Å²) in [6, 6.07) is 20.7. The molecule has 6 nitrogen and oxygen atoms in total. The Balaban J connectivity index is 1.67. The van der Waals surface area contributed by atoms with Crippen molar-refractivity contribution in [1.29, 1.82) is 0 Å². The van der Waals surface area contributed by atoms with Gasteiger partial charge in [0.2, 0.25) is 0 Å². The highest BCUT2D eigenvalue weighted by Crippen LogP contribution is 2.41. The van der Waals surface area contributed by atoms with Crippen LogP contribution in [0.15, 0.2) is 72.4 Å². The fourth-order valence-electron chi connectivity index (χ4n) is 5.99. The van der Waals surface area contributed by atoms with Crippen LogP contribution in [0.5, 0.6) is 0 Å². The van der Waals surface area contributed by atoms with Gasteiger partial charge >= 0.3 is 0 Å². The van der Waals surface area contributed by atoms with Gasteiger partial charge in [-0.1, -0.05) is 93.0 Å². The van der Waals surface area contributed by atoms with E-state index in [2.05, 4.69) is 50.0 Å². The zero-order valence-electron chi connectivity index (χ0n) is 24.6. The predicted octanol–water partition coefficient (Wildman–Crippen LogP) is 6.10. The summed E-state index contributed by atoms with van der Waals surface area (Å²) in [6.45, 7) is 11.7. The van der Waals surface area contributed by atoms with E-state index in [1.54, 1.807) is 5.51 Å². The van der Waals surface area contributed by atoms with E-state index in [0.717, 1.165) is 10.4 Å². The van der Waals surface area contributed by atoms with E-state index < -0.39 is 20.2 Å². The summed E-state index contributed by atoms with van der Waals surface area (Å²) in [5, 5.41) is 13.0. The van der Waals surface area contributed by atoms with E-state index in [9.17, 15) is 5.11 Å². The normalized spacial score (nSPS) is 18.7. The number of anilines is 1. The van der Waals surface area contributed by atoms with Crippen molar-refractivity contribution < 1.29 is 18.7 Å². The van der Waals surface area contributed by atoms with Crippen LogP contribution in [-0.2, 0) is 15.8 Å². The molecule has 0 saturated carbocycles. The Bertz CT molecular complexity index is 1440. The number of ether oxygens (including phenoxy) is 1. The quantitative estimate of drug-likeness (QED) is 0.239. The maximum atomic E-state index is 16.0. The van der Waals surface area contributed by atoms with Gasteiger partial charge in [0.15, 0.2) is 5.82 Å². The first-order valence-corrected chi connectivity index (χ1v) is 17.3. The molecule has 1 fully saturated rings. The third kappa shape index (κ3) is 5.91. The van der Waals surface area contributed by atoms with E-state index >= 15 is 4.39 Å². The molecule has 3 heterocycles. The van der Waals surface area contributed by atoms with Crippen molar-refractivity contribution in [2.75, 3.05) is 18.0 Å². The molecule has 4 aromatic rings. The molecule has 0 amide bonds. The van der Waals surface area contributed by atoms with Gasteiger partial charge < -0.3 is 19.2 Å². The van der Waals surface area contributed by atoms with Gasteiger partial charge in [-0.25, -0.2) is 9.37 Å². The summed E-state index contributed by atoms with van der Waals surface area (Å²) in [6.07, 6.45) is 0.0436. The third-order valence-electron chi connectivity index (χ3n) is 7.71. The summed E-state index contributed by atoms with van der Waals surface area (Å²) < 4.78 is 29.1. The lowest BCUT2D eigenvalue weighted by atomic mass is 10.1. The number of morpholine rings is 1. The number of halogens is 2. The number of hydrogen-bond donors (Lipinski definition) is 1. The number of hydrogen-bond acceptors (Lipinski definition) is 7. The van der Waals surface area contributed by atoms with Gasteiger partial charge in [0.05, 0.1) is 40.6 Å². The summed E-state index contributed by atoms with van der Waals surface area (Å²) in [5.74, 6) is -0.742. The number of pyridine rings is 1. The Morgan fingerprint density at radius 2 is 1.64 bits per heavy atom. The highest BCUT2D eigenvalue weighted by molar-refractivity contribution is 7.09. The lowest BCUT2D eigenvalue weighted by molar-refractivity contribution is -0.00536. The molecule has 2 aromatic heterocycles. The lowest BCUT2D eigenvalue weighted by Crippen LogP contribution is -2.66. The van der Waals surface area contributed by atoms with Gasteiger partial charge in [0.1, 0.15) is 16.8 Å². The Kier molecular flexibility index (Phi) is 9.18. The SMILES string of the molecule is CC1CN(c2c(CO[Si](c3ccccc3)(c3ccccc3)C(C)(C)C)nc(C(O)c3cncs3)c(F)c2Cl)CC(C)O1. The van der Waals surface area contributed by atoms with Crippen molar-refractivity contribution in [1.82, 2.24) is 9.97 Å². The number of aliphatic hydroxyl groups is 1. The van der Waals surface area contributed by atoms with E-state index in [1.165, 1.54) is 17.5 Å². The van der Waals surface area contributed by atoms with Crippen LogP contribution in [0.25, 0.3) is 0 Å². The van der Waals surface area contributed by atoms with Crippen molar-refractivity contribution in [2.24, 2.45) is 0 Å². The zero-order chi connectivity index (χ0) is 30.1. The van der Waals surface area contributed by atoms with E-state index in [4.69, 9.17) is 25.7 Å². The molecule has 5 rings (SSSR count). The average Bonchev–Trinajstić information content (AvgIpc) is 3.50. The molecule has 1 N–H and O–H groups in total. The second-order valence-corrected chi connectivity index (χ2v) is 17.4. The van der Waals surface area contributed by atoms with E-state index in [-0.39, 0.29) is 34.6 Å². The minimum Gasteiger partial charge on any atom is -0.401 e. The smallest absolute Gasteiger partial charge is 0.261 e. The molecule has 1 aliphatic rings. The van der Waals surface area contributed by atoms with Crippen molar-refractivity contribution in [3.63, 3.8) is 0 Å². The van der Waals surface area contributed by atoms with Gasteiger partial charge in [-0.3, -0.25) is 4.98 Å². The number of aliphatic hydroxyl groups excluding tert-OH is 1. The molecule has 1 saturated heterocycles. The number of thiazole rings is 1. The molecule has 3 unspecified atom stereocenters. The monoisotopic (exact) mass is 625 g/mol. The molecule has 0 radical (unpaired) electrons. The molecule has 2 aromatic carbocycles. The Labute approximate surface area is 257 Å². The summed E-state index contributed by atoms with van der Waals surface area (Å²) in [5.41, 5.74) is 2.42. The van der Waals surface area contributed by atoms with Crippen LogP contribution < -0.4 is 15.3 Å². The van der Waals surface area contributed by atoms with Crippen LogP contribution in [-0.4, -0.2) is 48.7 Å². The highest BCUT2D eigenvalue weighted by atomic mass is 35.5. The third-order valence-corrected chi connectivity index (χ3v) is 13.9. The molecular formula is C32H37ClFN3O3SSi. The molecule has 3 atom stereocenters. The van der Waals surface area contributed by atoms with Crippen molar-refractivity contribution in [2.45, 2.75) is 64.6 Å². The molecule has 10 heteroatoms. The van der Waals surface area contributed by atoms with Crippen LogP contribution >= 0.6 is 22.9 Å². The van der Waals surface area contributed by atoms with Crippen LogP contribution in [0.4, 0.5) is 10.1 Å². The molecule has 222 valence electrons. The standard InChI is InChI=1S/C32H37ClFN3O3SSi/c1-21-17-37(18-22(2)40-21)30-25(36-29(28(34)27(30)33)31(38)26-16-35-20-41-26)19-39-42(32(3,4)5,23-12-8-6-9-13-23)24-14-10-7-11-15-24/h6-16,20-22,31,38H,17-19H2,1-5H3. The van der Waals surface area contributed by atoms with Crippen molar-refractivity contribution in [3.05, 3.63) is 99.5 Å². The molecular weight excluding hydrogens is 589 g/mol. The topological polar surface area (TPSA) is 67.7 Å². The zero-order valence-corrected chi connectivity index (χ0v) is 27.1. The molecule has 0 aliphatic carbocycles. The van der Waals surface area contributed by atoms with Crippen LogP contribution in [0, 0.1) is 5.82 Å². The minimum atomic E-state index is -2.95. The van der Waals surface area contributed by atoms with Crippen LogP contribution in [0.1, 0.15) is 57.0 Å². The Hall–Kier alpha value is -2.66. The van der Waals surface area contributed by atoms with E-state index in [1.807, 2.05) is 55.1 Å². The van der Waals surface area contributed by atoms with Crippen molar-refractivity contribution >= 4 is 47.3 Å². The summed E-state index contributed by atoms with van der Waals surface area (Å²) in [4.78, 5) is 11.3. The number of rotatable bonds is 8. The number of aromatic nitrogens is 2. The maximum absolute atomic E-state index is 16.0. The van der Waals surface area contributed by atoms with Gasteiger partial charge in [0.25, 0.3) is 8.32 Å². The summed E-state index contributed by atoms with van der Waals surface area (Å²) in [7, 11) is -2.95. The number of benzene rings is 2. The fourth-order valence-corrected chi connectivity index (χ4v) is 11.4. The second-order valence-electron chi connectivity index (χ2n) is 11.8. The molecule has 1 aliphatic heterocycles. The molecule has 42 heavy (non-hydrogen) atoms. The van der Waals surface area contributed by atoms with Gasteiger partial charge in [-0.05, 0) is 29.3 Å². The second kappa shape index (κ2) is 12.5. The first kappa shape index (κ1) is 30.8. The Morgan fingerprint density at radius 3 is 2.14 bits per heavy atom. The van der Waals surface area contributed by atoms with Crippen LogP contribution in [0.3, 0.4) is 0 Å². The van der Waals surface area contributed by atoms with Gasteiger partial charge in [0, 0.05) is 19.3 Å². The van der Waals surface area contributed by atoms with Gasteiger partial charge in [-0.15, -0.1) is 11.3 Å².